The first-order valence-electron chi connectivity index (χ1n) is 3.83. The average Bonchev–Trinajstić information content (AvgIpc) is 1.83. The first kappa shape index (κ1) is 11.4. The van der Waals surface area contributed by atoms with Crippen molar-refractivity contribution < 1.29 is 13.9 Å². The highest BCUT2D eigenvalue weighted by molar-refractivity contribution is 5.66. The maximum Gasteiger partial charge on any atom is 0.397 e. The van der Waals surface area contributed by atoms with E-state index in [9.17, 15) is 9.18 Å². The molecule has 3 nitrogen and oxygen atoms in total. The summed E-state index contributed by atoms with van der Waals surface area (Å²) in [5.41, 5.74) is -0.197. The largest absolute Gasteiger partial charge is 0.397 e. The van der Waals surface area contributed by atoms with E-state index in [1.54, 1.807) is 0 Å². The molecule has 0 rings (SSSR count). The molecule has 0 fully saturated rings. The van der Waals surface area contributed by atoms with Crippen LogP contribution in [-0.4, -0.2) is 25.9 Å². The number of rotatable bonds is 3. The van der Waals surface area contributed by atoms with E-state index in [2.05, 4.69) is 5.32 Å². The van der Waals surface area contributed by atoms with Gasteiger partial charge in [0.05, 0.1) is 12.6 Å². The highest BCUT2D eigenvalue weighted by Gasteiger charge is 2.25. The zero-order valence-corrected chi connectivity index (χ0v) is 7.98. The van der Waals surface area contributed by atoms with Crippen molar-refractivity contribution in [3.8, 4) is 0 Å². The molecule has 0 radical (unpaired) electrons. The van der Waals surface area contributed by atoms with Crippen LogP contribution in [0.2, 0.25) is 0 Å². The van der Waals surface area contributed by atoms with Crippen molar-refractivity contribution in [1.29, 1.82) is 0 Å². The van der Waals surface area contributed by atoms with Gasteiger partial charge in [-0.3, -0.25) is 0 Å². The average molecular weight is 177 g/mol. The molecule has 72 valence electrons. The molecule has 1 unspecified atom stereocenters. The Hall–Kier alpha value is -0.640. The van der Waals surface area contributed by atoms with Crippen LogP contribution in [0.4, 0.5) is 9.18 Å². The molecule has 0 aromatic carbocycles. The van der Waals surface area contributed by atoms with E-state index < -0.39 is 6.16 Å². The second-order valence-corrected chi connectivity index (χ2v) is 3.79. The van der Waals surface area contributed by atoms with Crippen LogP contribution in [0.1, 0.15) is 20.8 Å². The van der Waals surface area contributed by atoms with E-state index in [0.29, 0.717) is 6.61 Å². The van der Waals surface area contributed by atoms with Crippen molar-refractivity contribution in [1.82, 2.24) is 5.32 Å². The molecule has 0 saturated carbocycles. The second-order valence-electron chi connectivity index (χ2n) is 3.79. The first-order valence-corrected chi connectivity index (χ1v) is 3.83. The lowest BCUT2D eigenvalue weighted by atomic mass is 9.87. The zero-order valence-electron chi connectivity index (χ0n) is 7.98. The Labute approximate surface area is 72.3 Å². The monoisotopic (exact) mass is 177 g/mol. The van der Waals surface area contributed by atoms with Gasteiger partial charge in [0.25, 0.3) is 0 Å². The molecule has 0 heterocycles. The standard InChI is InChI=1S/C8H16FNO2/c1-8(2,3)6(5-12-4)10-7(9)11/h6H,5H2,1-4H3,(H,10,11). The molecule has 0 aromatic heterocycles. The molecule has 1 N–H and O–H groups in total. The van der Waals surface area contributed by atoms with Gasteiger partial charge >= 0.3 is 6.16 Å². The molecular weight excluding hydrogens is 161 g/mol. The van der Waals surface area contributed by atoms with Gasteiger partial charge in [0.1, 0.15) is 0 Å². The van der Waals surface area contributed by atoms with Crippen LogP contribution in [0.25, 0.3) is 0 Å². The second kappa shape index (κ2) is 4.40. The molecule has 0 saturated heterocycles. The van der Waals surface area contributed by atoms with Crippen LogP contribution in [0.15, 0.2) is 0 Å². The summed E-state index contributed by atoms with van der Waals surface area (Å²) in [5, 5.41) is 2.19. The quantitative estimate of drug-likeness (QED) is 0.526. The summed E-state index contributed by atoms with van der Waals surface area (Å²) in [4.78, 5) is 10.1. The molecule has 4 heteroatoms. The maximum absolute atomic E-state index is 12.0. The number of carbonyl (C=O) groups excluding carboxylic acids is 1. The summed E-state index contributed by atoms with van der Waals surface area (Å²) in [7, 11) is 1.52. The van der Waals surface area contributed by atoms with Gasteiger partial charge in [-0.15, -0.1) is 4.39 Å². The van der Waals surface area contributed by atoms with E-state index >= 15 is 0 Å². The van der Waals surface area contributed by atoms with Crippen molar-refractivity contribution in [3.05, 3.63) is 0 Å². The molecular formula is C8H16FNO2. The van der Waals surface area contributed by atoms with E-state index in [1.165, 1.54) is 7.11 Å². The predicted molar refractivity (Wildman–Crippen MR) is 44.8 cm³/mol. The van der Waals surface area contributed by atoms with Gasteiger partial charge in [0.2, 0.25) is 0 Å². The Morgan fingerprint density at radius 2 is 2.08 bits per heavy atom. The third-order valence-corrected chi connectivity index (χ3v) is 1.67. The first-order chi connectivity index (χ1) is 5.38. The normalized spacial score (nSPS) is 14.1. The van der Waals surface area contributed by atoms with Gasteiger partial charge in [0, 0.05) is 7.11 Å². The molecule has 12 heavy (non-hydrogen) atoms. The number of methoxy groups -OCH3 is 1. The van der Waals surface area contributed by atoms with Crippen molar-refractivity contribution in [2.45, 2.75) is 26.8 Å². The number of hydrogen-bond donors (Lipinski definition) is 1. The van der Waals surface area contributed by atoms with Crippen LogP contribution in [0.5, 0.6) is 0 Å². The van der Waals surface area contributed by atoms with Gasteiger partial charge in [-0.2, -0.15) is 0 Å². The van der Waals surface area contributed by atoms with E-state index in [4.69, 9.17) is 4.74 Å². The molecule has 0 bridgehead atoms. The lowest BCUT2D eigenvalue weighted by Crippen LogP contribution is -2.44. The van der Waals surface area contributed by atoms with Gasteiger partial charge in [-0.1, -0.05) is 20.8 Å². The van der Waals surface area contributed by atoms with Crippen LogP contribution in [0.3, 0.4) is 0 Å². The third kappa shape index (κ3) is 4.28. The van der Waals surface area contributed by atoms with E-state index in [0.717, 1.165) is 0 Å². The summed E-state index contributed by atoms with van der Waals surface area (Å²) >= 11 is 0. The maximum atomic E-state index is 12.0. The lowest BCUT2D eigenvalue weighted by molar-refractivity contribution is 0.113. The highest BCUT2D eigenvalue weighted by atomic mass is 19.1. The van der Waals surface area contributed by atoms with Crippen LogP contribution < -0.4 is 5.32 Å². The topological polar surface area (TPSA) is 38.3 Å². The number of carbonyl (C=O) groups is 1. The Kier molecular flexibility index (Phi) is 4.17. The Bertz CT molecular complexity index is 154. The zero-order chi connectivity index (χ0) is 9.78. The van der Waals surface area contributed by atoms with Crippen molar-refractivity contribution in [3.63, 3.8) is 0 Å². The molecule has 1 atom stereocenters. The SMILES string of the molecule is COCC(NC(=O)F)C(C)(C)C. The minimum absolute atomic E-state index is 0.197. The van der Waals surface area contributed by atoms with Gasteiger partial charge in [0.15, 0.2) is 0 Å². The predicted octanol–water partition coefficient (Wildman–Crippen LogP) is 1.73. The number of nitrogens with one attached hydrogen (secondary N) is 1. The molecule has 0 spiro atoms. The molecule has 1 amide bonds. The minimum atomic E-state index is -1.51. The number of amides is 1. The van der Waals surface area contributed by atoms with Crippen LogP contribution >= 0.6 is 0 Å². The van der Waals surface area contributed by atoms with Crippen LogP contribution in [0, 0.1) is 5.41 Å². The fourth-order valence-electron chi connectivity index (χ4n) is 0.812. The summed E-state index contributed by atoms with van der Waals surface area (Å²) in [6.45, 7) is 6.05. The van der Waals surface area contributed by atoms with Gasteiger partial charge < -0.3 is 10.1 Å². The number of halogens is 1. The summed E-state index contributed by atoms with van der Waals surface area (Å²) in [6.07, 6.45) is -1.51. The Morgan fingerprint density at radius 1 is 1.58 bits per heavy atom. The van der Waals surface area contributed by atoms with Crippen molar-refractivity contribution in [2.75, 3.05) is 13.7 Å². The summed E-state index contributed by atoms with van der Waals surface area (Å²) in [5.74, 6) is 0. The van der Waals surface area contributed by atoms with Gasteiger partial charge in [-0.05, 0) is 5.41 Å². The summed E-state index contributed by atoms with van der Waals surface area (Å²) < 4.78 is 16.8. The molecule has 0 aliphatic rings. The molecule has 0 aliphatic heterocycles. The fourth-order valence-corrected chi connectivity index (χ4v) is 0.812. The Morgan fingerprint density at radius 3 is 2.33 bits per heavy atom. The van der Waals surface area contributed by atoms with E-state index in [-0.39, 0.29) is 11.5 Å². The lowest BCUT2D eigenvalue weighted by Gasteiger charge is -2.29. The van der Waals surface area contributed by atoms with Crippen molar-refractivity contribution in [2.24, 2.45) is 5.41 Å². The smallest absolute Gasteiger partial charge is 0.383 e. The highest BCUT2D eigenvalue weighted by Crippen LogP contribution is 2.19. The van der Waals surface area contributed by atoms with Crippen molar-refractivity contribution >= 4 is 6.16 Å². The summed E-state index contributed by atoms with van der Waals surface area (Å²) in [6, 6.07) is -0.292. The van der Waals surface area contributed by atoms with Crippen LogP contribution in [-0.2, 0) is 4.74 Å². The van der Waals surface area contributed by atoms with E-state index in [1.807, 2.05) is 20.8 Å². The Balaban J connectivity index is 4.13. The third-order valence-electron chi connectivity index (χ3n) is 1.67. The number of hydrogen-bond acceptors (Lipinski definition) is 2. The fraction of sp³-hybridized carbons (Fsp3) is 0.875. The van der Waals surface area contributed by atoms with Gasteiger partial charge in [-0.25, -0.2) is 4.79 Å². The molecule has 0 aromatic rings. The minimum Gasteiger partial charge on any atom is -0.383 e. The number of ether oxygens (including phenoxy) is 1. The molecule has 0 aliphatic carbocycles.